The average Bonchev–Trinajstić information content (AvgIpc) is 2.85. The Balaban J connectivity index is 2.27. The molecule has 0 saturated heterocycles. The number of aromatic amines is 1. The molecular formula is C11H15N3O. The summed E-state index contributed by atoms with van der Waals surface area (Å²) in [5.41, 5.74) is 1.02. The van der Waals surface area contributed by atoms with Crippen LogP contribution in [0.25, 0.3) is 0 Å². The number of rotatable bonds is 4. The summed E-state index contributed by atoms with van der Waals surface area (Å²) >= 11 is 0. The summed E-state index contributed by atoms with van der Waals surface area (Å²) in [6, 6.07) is 5.97. The molecule has 0 amide bonds. The molecule has 15 heavy (non-hydrogen) atoms. The lowest BCUT2D eigenvalue weighted by molar-refractivity contribution is 0.430. The van der Waals surface area contributed by atoms with E-state index in [0.29, 0.717) is 0 Å². The Morgan fingerprint density at radius 2 is 2.33 bits per heavy atom. The fourth-order valence-electron chi connectivity index (χ4n) is 1.60. The van der Waals surface area contributed by atoms with Crippen LogP contribution in [0, 0.1) is 6.92 Å². The Morgan fingerprint density at radius 3 is 2.87 bits per heavy atom. The first kappa shape index (κ1) is 9.98. The van der Waals surface area contributed by atoms with Crippen LogP contribution >= 0.6 is 0 Å². The van der Waals surface area contributed by atoms with Crippen molar-refractivity contribution in [2.24, 2.45) is 0 Å². The minimum atomic E-state index is 0.0613. The monoisotopic (exact) mass is 205 g/mol. The lowest BCUT2D eigenvalue weighted by Crippen LogP contribution is -2.21. The van der Waals surface area contributed by atoms with E-state index in [1.54, 1.807) is 6.20 Å². The first-order valence-corrected chi connectivity index (χ1v) is 5.10. The summed E-state index contributed by atoms with van der Waals surface area (Å²) in [6.45, 7) is 4.89. The van der Waals surface area contributed by atoms with Gasteiger partial charge in [-0.3, -0.25) is 5.10 Å². The molecule has 0 bridgehead atoms. The third-order valence-corrected chi connectivity index (χ3v) is 2.29. The van der Waals surface area contributed by atoms with Gasteiger partial charge in [0.2, 0.25) is 0 Å². The van der Waals surface area contributed by atoms with Gasteiger partial charge >= 0.3 is 0 Å². The van der Waals surface area contributed by atoms with Gasteiger partial charge in [0.25, 0.3) is 0 Å². The molecule has 2 heterocycles. The SMILES string of the molecule is CCNC(c1ccn[nH]1)c1ccc(C)o1. The third kappa shape index (κ3) is 2.10. The average molecular weight is 205 g/mol. The first-order chi connectivity index (χ1) is 7.31. The van der Waals surface area contributed by atoms with Gasteiger partial charge in [-0.05, 0) is 31.7 Å². The van der Waals surface area contributed by atoms with Crippen molar-refractivity contribution in [1.29, 1.82) is 0 Å². The maximum Gasteiger partial charge on any atom is 0.127 e. The molecular weight excluding hydrogens is 190 g/mol. The predicted octanol–water partition coefficient (Wildman–Crippen LogP) is 2.01. The molecule has 2 rings (SSSR count). The lowest BCUT2D eigenvalue weighted by atomic mass is 10.1. The Kier molecular flexibility index (Phi) is 2.87. The van der Waals surface area contributed by atoms with Crippen molar-refractivity contribution in [2.45, 2.75) is 19.9 Å². The van der Waals surface area contributed by atoms with Crippen molar-refractivity contribution >= 4 is 0 Å². The molecule has 2 N–H and O–H groups in total. The van der Waals surface area contributed by atoms with Crippen LogP contribution in [0.3, 0.4) is 0 Å². The van der Waals surface area contributed by atoms with E-state index < -0.39 is 0 Å². The molecule has 4 nitrogen and oxygen atoms in total. The van der Waals surface area contributed by atoms with Crippen LogP contribution in [0.5, 0.6) is 0 Å². The smallest absolute Gasteiger partial charge is 0.127 e. The molecule has 2 aromatic rings. The van der Waals surface area contributed by atoms with E-state index in [1.807, 2.05) is 25.1 Å². The van der Waals surface area contributed by atoms with Crippen LogP contribution in [0.2, 0.25) is 0 Å². The van der Waals surface area contributed by atoms with Crippen molar-refractivity contribution < 1.29 is 4.42 Å². The fourth-order valence-corrected chi connectivity index (χ4v) is 1.60. The fraction of sp³-hybridized carbons (Fsp3) is 0.364. The van der Waals surface area contributed by atoms with Gasteiger partial charge < -0.3 is 9.73 Å². The number of furan rings is 1. The summed E-state index contributed by atoms with van der Waals surface area (Å²) in [5.74, 6) is 1.84. The highest BCUT2D eigenvalue weighted by Crippen LogP contribution is 2.21. The normalized spacial score (nSPS) is 12.9. The van der Waals surface area contributed by atoms with Gasteiger partial charge in [-0.25, -0.2) is 0 Å². The Hall–Kier alpha value is -1.55. The maximum absolute atomic E-state index is 5.61. The molecule has 0 aromatic carbocycles. The molecule has 0 saturated carbocycles. The summed E-state index contributed by atoms with van der Waals surface area (Å²) in [5, 5.41) is 10.3. The highest BCUT2D eigenvalue weighted by Gasteiger charge is 2.17. The zero-order valence-electron chi connectivity index (χ0n) is 8.95. The number of aryl methyl sites for hydroxylation is 1. The van der Waals surface area contributed by atoms with Gasteiger partial charge in [-0.2, -0.15) is 5.10 Å². The topological polar surface area (TPSA) is 53.9 Å². The van der Waals surface area contributed by atoms with E-state index >= 15 is 0 Å². The maximum atomic E-state index is 5.61. The second-order valence-electron chi connectivity index (χ2n) is 3.45. The van der Waals surface area contributed by atoms with Crippen molar-refractivity contribution in [3.05, 3.63) is 41.6 Å². The van der Waals surface area contributed by atoms with Crippen LogP contribution in [-0.2, 0) is 0 Å². The molecule has 0 radical (unpaired) electrons. The van der Waals surface area contributed by atoms with Crippen LogP contribution in [0.15, 0.2) is 28.8 Å². The van der Waals surface area contributed by atoms with Gasteiger partial charge in [0, 0.05) is 6.20 Å². The predicted molar refractivity (Wildman–Crippen MR) is 57.6 cm³/mol. The molecule has 0 spiro atoms. The van der Waals surface area contributed by atoms with E-state index in [1.165, 1.54) is 0 Å². The zero-order chi connectivity index (χ0) is 10.7. The molecule has 1 unspecified atom stereocenters. The highest BCUT2D eigenvalue weighted by molar-refractivity contribution is 5.20. The molecule has 0 aliphatic carbocycles. The zero-order valence-corrected chi connectivity index (χ0v) is 8.95. The van der Waals surface area contributed by atoms with Gasteiger partial charge in [0.05, 0.1) is 5.69 Å². The quantitative estimate of drug-likeness (QED) is 0.802. The second kappa shape index (κ2) is 4.31. The van der Waals surface area contributed by atoms with Gasteiger partial charge in [0.15, 0.2) is 0 Å². The van der Waals surface area contributed by atoms with Gasteiger partial charge in [-0.1, -0.05) is 6.92 Å². The minimum absolute atomic E-state index is 0.0613. The van der Waals surface area contributed by atoms with Crippen molar-refractivity contribution in [1.82, 2.24) is 15.5 Å². The van der Waals surface area contributed by atoms with Crippen LogP contribution in [-0.4, -0.2) is 16.7 Å². The summed E-state index contributed by atoms with van der Waals surface area (Å²) in [4.78, 5) is 0. The summed E-state index contributed by atoms with van der Waals surface area (Å²) < 4.78 is 5.61. The van der Waals surface area contributed by atoms with Gasteiger partial charge in [0.1, 0.15) is 17.6 Å². The van der Waals surface area contributed by atoms with Gasteiger partial charge in [-0.15, -0.1) is 0 Å². The number of nitrogens with zero attached hydrogens (tertiary/aromatic N) is 1. The largest absolute Gasteiger partial charge is 0.464 e. The lowest BCUT2D eigenvalue weighted by Gasteiger charge is -2.13. The Labute approximate surface area is 88.7 Å². The highest BCUT2D eigenvalue weighted by atomic mass is 16.3. The number of aromatic nitrogens is 2. The van der Waals surface area contributed by atoms with E-state index in [9.17, 15) is 0 Å². The number of nitrogens with one attached hydrogen (secondary N) is 2. The molecule has 0 fully saturated rings. The van der Waals surface area contributed by atoms with Crippen LogP contribution in [0.4, 0.5) is 0 Å². The molecule has 2 aromatic heterocycles. The Morgan fingerprint density at radius 1 is 1.47 bits per heavy atom. The van der Waals surface area contributed by atoms with Crippen LogP contribution in [0.1, 0.15) is 30.2 Å². The molecule has 80 valence electrons. The van der Waals surface area contributed by atoms with E-state index in [-0.39, 0.29) is 6.04 Å². The molecule has 4 heteroatoms. The van der Waals surface area contributed by atoms with E-state index in [0.717, 1.165) is 23.8 Å². The second-order valence-corrected chi connectivity index (χ2v) is 3.45. The van der Waals surface area contributed by atoms with Crippen molar-refractivity contribution in [2.75, 3.05) is 6.54 Å². The van der Waals surface area contributed by atoms with E-state index in [2.05, 4.69) is 22.4 Å². The standard InChI is InChI=1S/C11H15N3O/c1-3-12-11(9-6-7-13-14-9)10-5-4-8(2)15-10/h4-7,11-12H,3H2,1-2H3,(H,13,14). The van der Waals surface area contributed by atoms with E-state index in [4.69, 9.17) is 4.42 Å². The molecule has 0 aliphatic heterocycles. The first-order valence-electron chi connectivity index (χ1n) is 5.10. The minimum Gasteiger partial charge on any atom is -0.464 e. The molecule has 1 atom stereocenters. The third-order valence-electron chi connectivity index (χ3n) is 2.29. The molecule has 0 aliphatic rings. The number of hydrogen-bond acceptors (Lipinski definition) is 3. The number of hydrogen-bond donors (Lipinski definition) is 2. The van der Waals surface area contributed by atoms with Crippen LogP contribution < -0.4 is 5.32 Å². The summed E-state index contributed by atoms with van der Waals surface area (Å²) in [7, 11) is 0. The van der Waals surface area contributed by atoms with Crippen molar-refractivity contribution in [3.8, 4) is 0 Å². The Bertz CT molecular complexity index is 405. The summed E-state index contributed by atoms with van der Waals surface area (Å²) in [6.07, 6.45) is 1.75. The number of H-pyrrole nitrogens is 1. The van der Waals surface area contributed by atoms with Crippen molar-refractivity contribution in [3.63, 3.8) is 0 Å².